The molecule has 3 rings (SSSR count). The molecule has 0 heterocycles. The average Bonchev–Trinajstić information content (AvgIpc) is 2.79. The molecular weight excluding hydrogens is 444 g/mol. The van der Waals surface area contributed by atoms with Crippen molar-refractivity contribution in [1.29, 1.82) is 0 Å². The number of hydrogen-bond donors (Lipinski definition) is 3. The molecule has 0 aliphatic rings. The molecule has 1 amide bonds. The van der Waals surface area contributed by atoms with Crippen LogP contribution >= 0.6 is 11.8 Å². The molecule has 34 heavy (non-hydrogen) atoms. The number of anilines is 2. The maximum absolute atomic E-state index is 12.8. The van der Waals surface area contributed by atoms with Crippen LogP contribution in [0.5, 0.6) is 0 Å². The molecule has 3 N–H and O–H groups in total. The van der Waals surface area contributed by atoms with Gasteiger partial charge in [-0.15, -0.1) is 11.8 Å². The number of carboxylic acid groups (broad SMARTS) is 1. The molecule has 0 aromatic heterocycles. The van der Waals surface area contributed by atoms with Gasteiger partial charge in [0.25, 0.3) is 5.91 Å². The first-order valence-electron chi connectivity index (χ1n) is 11.6. The van der Waals surface area contributed by atoms with Crippen molar-refractivity contribution in [2.24, 2.45) is 0 Å². The number of benzene rings is 3. The Bertz CT molecular complexity index is 1110. The highest BCUT2D eigenvalue weighted by Crippen LogP contribution is 2.27. The third-order valence-corrected chi connectivity index (χ3v) is 6.55. The number of amides is 1. The van der Waals surface area contributed by atoms with E-state index in [2.05, 4.69) is 41.8 Å². The van der Waals surface area contributed by atoms with Crippen LogP contribution in [-0.4, -0.2) is 22.2 Å². The summed E-state index contributed by atoms with van der Waals surface area (Å²) in [6.07, 6.45) is 2.36. The molecule has 0 saturated heterocycles. The number of thioether (sulfide) groups is 1. The van der Waals surface area contributed by atoms with E-state index >= 15 is 0 Å². The van der Waals surface area contributed by atoms with E-state index in [4.69, 9.17) is 5.11 Å². The highest BCUT2D eigenvalue weighted by Gasteiger charge is 2.12. The van der Waals surface area contributed by atoms with E-state index in [1.165, 1.54) is 22.9 Å². The van der Waals surface area contributed by atoms with Gasteiger partial charge in [0.1, 0.15) is 0 Å². The highest BCUT2D eigenvalue weighted by molar-refractivity contribution is 8.00. The zero-order valence-electron chi connectivity index (χ0n) is 19.9. The van der Waals surface area contributed by atoms with Gasteiger partial charge in [-0.05, 0) is 72.5 Å². The summed E-state index contributed by atoms with van der Waals surface area (Å²) in [5.74, 6) is -0.961. The Morgan fingerprint density at radius 3 is 2.21 bits per heavy atom. The van der Waals surface area contributed by atoms with Gasteiger partial charge in [0.15, 0.2) is 0 Å². The Morgan fingerprint density at radius 1 is 0.941 bits per heavy atom. The zero-order valence-corrected chi connectivity index (χ0v) is 20.7. The second-order valence-corrected chi connectivity index (χ2v) is 9.97. The van der Waals surface area contributed by atoms with E-state index in [-0.39, 0.29) is 17.6 Å². The molecule has 1 unspecified atom stereocenters. The fourth-order valence-electron chi connectivity index (χ4n) is 3.68. The van der Waals surface area contributed by atoms with Crippen molar-refractivity contribution in [3.05, 3.63) is 89.0 Å². The van der Waals surface area contributed by atoms with E-state index in [9.17, 15) is 9.59 Å². The fourth-order valence-corrected chi connectivity index (χ4v) is 4.66. The van der Waals surface area contributed by atoms with Crippen molar-refractivity contribution in [2.75, 3.05) is 10.6 Å². The van der Waals surface area contributed by atoms with Crippen molar-refractivity contribution in [2.45, 2.75) is 56.7 Å². The first-order valence-corrected chi connectivity index (χ1v) is 12.4. The summed E-state index contributed by atoms with van der Waals surface area (Å²) in [7, 11) is 0. The largest absolute Gasteiger partial charge is 0.481 e. The van der Waals surface area contributed by atoms with Crippen LogP contribution < -0.4 is 10.6 Å². The molecular formula is C28H32N2O3S. The van der Waals surface area contributed by atoms with Crippen LogP contribution in [0.4, 0.5) is 11.4 Å². The van der Waals surface area contributed by atoms with Gasteiger partial charge in [0.2, 0.25) is 0 Å². The molecule has 0 fully saturated rings. The van der Waals surface area contributed by atoms with Crippen molar-refractivity contribution in [3.8, 4) is 0 Å². The summed E-state index contributed by atoms with van der Waals surface area (Å²) in [6.45, 7) is 6.74. The van der Waals surface area contributed by atoms with E-state index in [0.29, 0.717) is 11.3 Å². The molecule has 0 saturated carbocycles. The number of aryl methyl sites for hydroxylation is 2. The number of carbonyl (C=O) groups excluding carboxylic acids is 1. The third kappa shape index (κ3) is 7.66. The fraction of sp³-hybridized carbons (Fsp3) is 0.286. The second kappa shape index (κ2) is 12.3. The normalized spacial score (nSPS) is 11.6. The van der Waals surface area contributed by atoms with Crippen LogP contribution in [0.1, 0.15) is 53.7 Å². The predicted molar refractivity (Wildman–Crippen MR) is 141 cm³/mol. The van der Waals surface area contributed by atoms with Crippen LogP contribution in [0.3, 0.4) is 0 Å². The minimum absolute atomic E-state index is 0.0202. The van der Waals surface area contributed by atoms with Crippen LogP contribution in [0.15, 0.2) is 71.6 Å². The van der Waals surface area contributed by atoms with Gasteiger partial charge in [0, 0.05) is 33.6 Å². The molecule has 0 spiro atoms. The second-order valence-electron chi connectivity index (χ2n) is 8.45. The molecule has 5 nitrogen and oxygen atoms in total. The Labute approximate surface area is 206 Å². The van der Waals surface area contributed by atoms with Crippen molar-refractivity contribution in [1.82, 2.24) is 0 Å². The summed E-state index contributed by atoms with van der Waals surface area (Å²) in [6, 6.07) is 21.9. The molecule has 0 bridgehead atoms. The molecule has 1 atom stereocenters. The lowest BCUT2D eigenvalue weighted by atomic mass is 10.1. The Kier molecular flexibility index (Phi) is 9.16. The Balaban J connectivity index is 1.55. The minimum Gasteiger partial charge on any atom is -0.481 e. The lowest BCUT2D eigenvalue weighted by molar-refractivity contribution is -0.136. The van der Waals surface area contributed by atoms with Crippen LogP contribution in [-0.2, 0) is 17.8 Å². The topological polar surface area (TPSA) is 78.4 Å². The molecule has 178 valence electrons. The van der Waals surface area contributed by atoms with Gasteiger partial charge < -0.3 is 15.7 Å². The van der Waals surface area contributed by atoms with Crippen molar-refractivity contribution in [3.63, 3.8) is 0 Å². The first kappa shape index (κ1) is 25.4. The Hall–Kier alpha value is -3.25. The van der Waals surface area contributed by atoms with Crippen LogP contribution in [0, 0.1) is 6.92 Å². The maximum Gasteiger partial charge on any atom is 0.304 e. The molecule has 0 radical (unpaired) electrons. The Morgan fingerprint density at radius 2 is 1.59 bits per heavy atom. The number of rotatable bonds is 11. The summed E-state index contributed by atoms with van der Waals surface area (Å²) >= 11 is 1.51. The van der Waals surface area contributed by atoms with E-state index in [1.54, 1.807) is 0 Å². The monoisotopic (exact) mass is 476 g/mol. The van der Waals surface area contributed by atoms with Crippen molar-refractivity contribution < 1.29 is 14.7 Å². The standard InChI is InChI=1S/C28H32N2O3S/c1-4-5-21-6-8-22(9-7-21)18-29-24-12-15-26(19(2)16-24)28(33)30-23-10-13-25(14-11-23)34-20(3)17-27(31)32/h6-16,20,29H,4-5,17-18H2,1-3H3,(H,30,33)(H,31,32). The third-order valence-electron chi connectivity index (χ3n) is 5.44. The van der Waals surface area contributed by atoms with Crippen LogP contribution in [0.2, 0.25) is 0 Å². The van der Waals surface area contributed by atoms with Gasteiger partial charge in [0.05, 0.1) is 6.42 Å². The van der Waals surface area contributed by atoms with Gasteiger partial charge in [-0.1, -0.05) is 44.5 Å². The summed E-state index contributed by atoms with van der Waals surface area (Å²) in [5.41, 5.74) is 5.78. The van der Waals surface area contributed by atoms with Crippen LogP contribution in [0.25, 0.3) is 0 Å². The SMILES string of the molecule is CCCc1ccc(CNc2ccc(C(=O)Nc3ccc(SC(C)CC(=O)O)cc3)c(C)c2)cc1. The molecule has 3 aromatic carbocycles. The highest BCUT2D eigenvalue weighted by atomic mass is 32.2. The molecule has 0 aliphatic heterocycles. The number of hydrogen-bond acceptors (Lipinski definition) is 4. The maximum atomic E-state index is 12.8. The minimum atomic E-state index is -0.804. The van der Waals surface area contributed by atoms with Gasteiger partial charge in [-0.2, -0.15) is 0 Å². The number of carbonyl (C=O) groups is 2. The zero-order chi connectivity index (χ0) is 24.5. The average molecular weight is 477 g/mol. The van der Waals surface area contributed by atoms with Gasteiger partial charge in [-0.3, -0.25) is 9.59 Å². The molecule has 0 aliphatic carbocycles. The van der Waals surface area contributed by atoms with E-state index in [1.807, 2.05) is 56.3 Å². The quantitative estimate of drug-likeness (QED) is 0.266. The lowest BCUT2D eigenvalue weighted by Crippen LogP contribution is -2.13. The van der Waals surface area contributed by atoms with Gasteiger partial charge >= 0.3 is 5.97 Å². The van der Waals surface area contributed by atoms with E-state index < -0.39 is 5.97 Å². The number of carboxylic acids is 1. The summed E-state index contributed by atoms with van der Waals surface area (Å²) < 4.78 is 0. The molecule has 3 aromatic rings. The lowest BCUT2D eigenvalue weighted by Gasteiger charge is -2.12. The predicted octanol–water partition coefficient (Wildman–Crippen LogP) is 6.77. The molecule has 6 heteroatoms. The first-order chi connectivity index (χ1) is 16.3. The summed E-state index contributed by atoms with van der Waals surface area (Å²) in [4.78, 5) is 24.6. The van der Waals surface area contributed by atoms with E-state index in [0.717, 1.165) is 35.5 Å². The number of nitrogens with one attached hydrogen (secondary N) is 2. The van der Waals surface area contributed by atoms with Crippen molar-refractivity contribution >= 4 is 35.0 Å². The smallest absolute Gasteiger partial charge is 0.304 e. The van der Waals surface area contributed by atoms with Gasteiger partial charge in [-0.25, -0.2) is 0 Å². The number of aliphatic carboxylic acids is 1. The summed E-state index contributed by atoms with van der Waals surface area (Å²) in [5, 5.41) is 15.2.